The number of hydrogen-bond donors (Lipinski definition) is 0. The maximum absolute atomic E-state index is 12.8. The molecule has 1 aromatic heterocycles. The van der Waals surface area contributed by atoms with Crippen LogP contribution in [0.3, 0.4) is 0 Å². The zero-order valence-electron chi connectivity index (χ0n) is 15.7. The Kier molecular flexibility index (Phi) is 5.68. The lowest BCUT2D eigenvalue weighted by Crippen LogP contribution is -2.38. The van der Waals surface area contributed by atoms with Gasteiger partial charge in [0, 0.05) is 45.1 Å². The van der Waals surface area contributed by atoms with Crippen LogP contribution >= 0.6 is 0 Å². The van der Waals surface area contributed by atoms with E-state index in [1.807, 2.05) is 41.6 Å². The van der Waals surface area contributed by atoms with Gasteiger partial charge < -0.3 is 9.64 Å². The van der Waals surface area contributed by atoms with E-state index in [9.17, 15) is 4.79 Å². The predicted molar refractivity (Wildman–Crippen MR) is 105 cm³/mol. The van der Waals surface area contributed by atoms with Gasteiger partial charge in [-0.2, -0.15) is 0 Å². The molecule has 0 unspecified atom stereocenters. The van der Waals surface area contributed by atoms with E-state index in [-0.39, 0.29) is 12.0 Å². The highest BCUT2D eigenvalue weighted by molar-refractivity contribution is 5.97. The third-order valence-corrected chi connectivity index (χ3v) is 5.49. The Balaban J connectivity index is 1.34. The molecule has 1 aromatic carbocycles. The van der Waals surface area contributed by atoms with E-state index in [2.05, 4.69) is 22.0 Å². The molecule has 5 nitrogen and oxygen atoms in total. The topological polar surface area (TPSA) is 45.7 Å². The van der Waals surface area contributed by atoms with Crippen LogP contribution in [0.2, 0.25) is 0 Å². The van der Waals surface area contributed by atoms with Crippen molar-refractivity contribution in [1.82, 2.24) is 14.8 Å². The van der Waals surface area contributed by atoms with E-state index >= 15 is 0 Å². The molecule has 0 saturated carbocycles. The third-order valence-electron chi connectivity index (χ3n) is 5.49. The molecule has 0 N–H and O–H groups in total. The maximum atomic E-state index is 12.8. The summed E-state index contributed by atoms with van der Waals surface area (Å²) in [6.07, 6.45) is 8.04. The van der Waals surface area contributed by atoms with Crippen molar-refractivity contribution in [2.45, 2.75) is 38.3 Å². The molecule has 0 radical (unpaired) electrons. The van der Waals surface area contributed by atoms with E-state index in [0.29, 0.717) is 5.56 Å². The zero-order chi connectivity index (χ0) is 18.5. The molecule has 2 aliphatic heterocycles. The minimum atomic E-state index is 0.109. The molecule has 2 aliphatic rings. The van der Waals surface area contributed by atoms with Crippen molar-refractivity contribution in [3.8, 4) is 5.75 Å². The van der Waals surface area contributed by atoms with Gasteiger partial charge >= 0.3 is 0 Å². The number of carbonyl (C=O) groups is 1. The number of likely N-dealkylation sites (tertiary alicyclic amines) is 2. The number of pyridine rings is 1. The minimum absolute atomic E-state index is 0.109. The molecule has 1 amide bonds. The summed E-state index contributed by atoms with van der Waals surface area (Å²) in [5, 5.41) is 0. The van der Waals surface area contributed by atoms with Crippen molar-refractivity contribution in [1.29, 1.82) is 0 Å². The quantitative estimate of drug-likeness (QED) is 0.815. The van der Waals surface area contributed by atoms with Crippen LogP contribution in [0.1, 0.15) is 41.6 Å². The molecule has 27 heavy (non-hydrogen) atoms. The van der Waals surface area contributed by atoms with Gasteiger partial charge in [0.25, 0.3) is 5.91 Å². The molecule has 2 saturated heterocycles. The lowest BCUT2D eigenvalue weighted by atomic mass is 10.1. The fourth-order valence-electron chi connectivity index (χ4n) is 3.95. The lowest BCUT2D eigenvalue weighted by molar-refractivity contribution is 0.0765. The maximum Gasteiger partial charge on any atom is 0.257 e. The van der Waals surface area contributed by atoms with Gasteiger partial charge in [-0.15, -0.1) is 0 Å². The first-order valence-electron chi connectivity index (χ1n) is 9.96. The number of hydrogen-bond acceptors (Lipinski definition) is 4. The van der Waals surface area contributed by atoms with Gasteiger partial charge in [0.05, 0.1) is 5.56 Å². The van der Waals surface area contributed by atoms with Crippen molar-refractivity contribution in [2.75, 3.05) is 26.2 Å². The number of aromatic nitrogens is 1. The smallest absolute Gasteiger partial charge is 0.257 e. The first-order valence-corrected chi connectivity index (χ1v) is 9.96. The molecule has 0 atom stereocenters. The molecule has 0 aliphatic carbocycles. The highest BCUT2D eigenvalue weighted by Gasteiger charge is 2.25. The Morgan fingerprint density at radius 2 is 1.70 bits per heavy atom. The number of para-hydroxylation sites is 1. The second kappa shape index (κ2) is 8.53. The summed E-state index contributed by atoms with van der Waals surface area (Å²) in [5.74, 6) is 0.847. The van der Waals surface area contributed by atoms with E-state index in [4.69, 9.17) is 4.74 Å². The predicted octanol–water partition coefficient (Wildman–Crippen LogP) is 3.36. The highest BCUT2D eigenvalue weighted by atomic mass is 16.5. The fraction of sp³-hybridized carbons (Fsp3) is 0.455. The summed E-state index contributed by atoms with van der Waals surface area (Å²) in [5.41, 5.74) is 2.00. The lowest BCUT2D eigenvalue weighted by Gasteiger charge is -2.32. The van der Waals surface area contributed by atoms with Gasteiger partial charge in [0.2, 0.25) is 0 Å². The van der Waals surface area contributed by atoms with Crippen LogP contribution in [-0.2, 0) is 6.54 Å². The number of rotatable bonds is 5. The van der Waals surface area contributed by atoms with E-state index in [0.717, 1.165) is 64.2 Å². The van der Waals surface area contributed by atoms with Crippen molar-refractivity contribution in [3.63, 3.8) is 0 Å². The first-order chi connectivity index (χ1) is 13.3. The van der Waals surface area contributed by atoms with Crippen LogP contribution in [0, 0.1) is 0 Å². The molecule has 142 valence electrons. The van der Waals surface area contributed by atoms with E-state index in [1.165, 1.54) is 5.56 Å². The Morgan fingerprint density at radius 1 is 1.00 bits per heavy atom. The largest absolute Gasteiger partial charge is 0.489 e. The molecule has 4 rings (SSSR count). The summed E-state index contributed by atoms with van der Waals surface area (Å²) in [6, 6.07) is 11.9. The molecule has 2 fully saturated rings. The normalized spacial score (nSPS) is 18.6. The Bertz CT molecular complexity index is 751. The SMILES string of the molecule is O=C(c1ccccc1OC1CCN(Cc2ccncc2)CC1)N1CCCC1. The molecule has 3 heterocycles. The van der Waals surface area contributed by atoms with Crippen LogP contribution in [0.5, 0.6) is 5.75 Å². The summed E-state index contributed by atoms with van der Waals surface area (Å²) >= 11 is 0. The Hall–Kier alpha value is -2.40. The highest BCUT2D eigenvalue weighted by Crippen LogP contribution is 2.26. The fourth-order valence-corrected chi connectivity index (χ4v) is 3.95. The van der Waals surface area contributed by atoms with E-state index in [1.54, 1.807) is 0 Å². The minimum Gasteiger partial charge on any atom is -0.489 e. The van der Waals surface area contributed by atoms with Gasteiger partial charge in [-0.3, -0.25) is 14.7 Å². The summed E-state index contributed by atoms with van der Waals surface area (Å²) in [6.45, 7) is 4.70. The van der Waals surface area contributed by atoms with Gasteiger partial charge in [0.1, 0.15) is 11.9 Å². The number of nitrogens with zero attached hydrogens (tertiary/aromatic N) is 3. The van der Waals surface area contributed by atoms with Crippen molar-refractivity contribution in [3.05, 3.63) is 59.9 Å². The van der Waals surface area contributed by atoms with Crippen LogP contribution < -0.4 is 4.74 Å². The van der Waals surface area contributed by atoms with Gasteiger partial charge in [-0.1, -0.05) is 12.1 Å². The third kappa shape index (κ3) is 4.48. The number of ether oxygens (including phenoxy) is 1. The Labute approximate surface area is 161 Å². The molecule has 0 bridgehead atoms. The second-order valence-electron chi connectivity index (χ2n) is 7.44. The van der Waals surface area contributed by atoms with Gasteiger partial charge in [0.15, 0.2) is 0 Å². The monoisotopic (exact) mass is 365 g/mol. The van der Waals surface area contributed by atoms with Crippen LogP contribution in [0.15, 0.2) is 48.8 Å². The molecular weight excluding hydrogens is 338 g/mol. The van der Waals surface area contributed by atoms with E-state index < -0.39 is 0 Å². The van der Waals surface area contributed by atoms with Crippen molar-refractivity contribution >= 4 is 5.91 Å². The van der Waals surface area contributed by atoms with Crippen LogP contribution in [0.25, 0.3) is 0 Å². The number of amides is 1. The number of benzene rings is 1. The van der Waals surface area contributed by atoms with Crippen molar-refractivity contribution < 1.29 is 9.53 Å². The molecule has 5 heteroatoms. The number of piperidine rings is 1. The average molecular weight is 365 g/mol. The second-order valence-corrected chi connectivity index (χ2v) is 7.44. The standard InChI is InChI=1S/C22H27N3O2/c26-22(25-13-3-4-14-25)20-5-1-2-6-21(20)27-19-9-15-24(16-10-19)17-18-7-11-23-12-8-18/h1-2,5-8,11-12,19H,3-4,9-10,13-17H2. The van der Waals surface area contributed by atoms with Crippen LogP contribution in [-0.4, -0.2) is 53.0 Å². The van der Waals surface area contributed by atoms with Gasteiger partial charge in [-0.25, -0.2) is 0 Å². The Morgan fingerprint density at radius 3 is 2.44 bits per heavy atom. The van der Waals surface area contributed by atoms with Crippen molar-refractivity contribution in [2.24, 2.45) is 0 Å². The molecule has 0 spiro atoms. The van der Waals surface area contributed by atoms with Gasteiger partial charge in [-0.05, 0) is 55.5 Å². The molecule has 2 aromatic rings. The first kappa shape index (κ1) is 18.0. The zero-order valence-corrected chi connectivity index (χ0v) is 15.7. The van der Waals surface area contributed by atoms with Crippen LogP contribution in [0.4, 0.5) is 0 Å². The summed E-state index contributed by atoms with van der Waals surface area (Å²) < 4.78 is 6.28. The average Bonchev–Trinajstić information content (AvgIpc) is 3.25. The molecular formula is C22H27N3O2. The summed E-state index contributed by atoms with van der Waals surface area (Å²) in [4.78, 5) is 21.3. The summed E-state index contributed by atoms with van der Waals surface area (Å²) in [7, 11) is 0. The number of carbonyl (C=O) groups excluding carboxylic acids is 1.